The van der Waals surface area contributed by atoms with E-state index in [1.54, 1.807) is 0 Å². The molecule has 2 aromatic rings. The van der Waals surface area contributed by atoms with Gasteiger partial charge in [-0.1, -0.05) is 462 Å². The minimum Gasteiger partial charge on any atom is -0.744 e. The Labute approximate surface area is 798 Å². The molecule has 0 spiro atoms. The van der Waals surface area contributed by atoms with E-state index in [2.05, 4.69) is 76.3 Å². The summed E-state index contributed by atoms with van der Waals surface area (Å²) in [4.78, 5) is 50.6. The monoisotopic (exact) mass is 1810 g/mol. The van der Waals surface area contributed by atoms with Gasteiger partial charge in [-0.2, -0.15) is 0 Å². The summed E-state index contributed by atoms with van der Waals surface area (Å²) in [5.74, 6) is -3.20. The van der Waals surface area contributed by atoms with Gasteiger partial charge >= 0.3 is 61.6 Å². The average molecular weight is 1810 g/mol. The third-order valence-electron chi connectivity index (χ3n) is 24.0. The fourth-order valence-corrected chi connectivity index (χ4v) is 17.0. The summed E-state index contributed by atoms with van der Waals surface area (Å²) in [6, 6.07) is 6.20. The van der Waals surface area contributed by atoms with Gasteiger partial charge in [0.25, 0.3) is 0 Å². The Hall–Kier alpha value is -3.64. The summed E-state index contributed by atoms with van der Waals surface area (Å²) >= 11 is 0. The number of carbonyl (C=O) groups is 4. The van der Waals surface area contributed by atoms with Crippen molar-refractivity contribution in [2.45, 2.75) is 525 Å². The van der Waals surface area contributed by atoms with Crippen molar-refractivity contribution < 1.29 is 64.1 Å². The Morgan fingerprint density at radius 3 is 0.504 bits per heavy atom. The molecule has 0 bridgehead atoms. The van der Waals surface area contributed by atoms with Gasteiger partial charge in [0.1, 0.15) is 20.2 Å². The van der Waals surface area contributed by atoms with E-state index in [4.69, 9.17) is 18.9 Å². The van der Waals surface area contributed by atoms with Crippen LogP contribution in [0.25, 0.3) is 0 Å². The van der Waals surface area contributed by atoms with Gasteiger partial charge in [0, 0.05) is 0 Å². The van der Waals surface area contributed by atoms with Crippen molar-refractivity contribution in [1.82, 2.24) is 0 Å². The molecular weight excluding hydrogens is 1630 g/mol. The summed E-state index contributed by atoms with van der Waals surface area (Å²) in [6.07, 6.45) is 114. The van der Waals surface area contributed by atoms with Gasteiger partial charge in [0.2, 0.25) is 0 Å². The second kappa shape index (κ2) is 92.2. The third-order valence-corrected chi connectivity index (χ3v) is 25.7. The molecule has 125 heavy (non-hydrogen) atoms. The molecule has 0 atom stereocenters. The molecule has 14 nitrogen and oxygen atoms in total. The number of esters is 4. The SMILES string of the molecule is CCCCCCCCCCCCCCCCCC/C=C/CCCOC(=O)c1ccc(S(=O)(=O)[O-])cc1C(=O)OCCC/C=C/CCCCCCCCCCCCCCCCCC.CCCCCCCCCCCCCCCCCC/C=C/CCCOC(=O)c1ccc(S(=O)(=O)[O-])cc1C(=O)OCCC/C=C/CCCCCCCCCCCCCCCCCC.[Ca+2]. The van der Waals surface area contributed by atoms with Crippen LogP contribution in [0.4, 0.5) is 0 Å². The molecule has 0 N–H and O–H groups in total. The summed E-state index contributed by atoms with van der Waals surface area (Å²) in [6.45, 7) is 9.63. The standard InChI is InChI=1S/2C54H94O7S.Ca/c2*1-3-5-7-9-11-13-15-17-19-21-23-25-27-29-31-33-35-37-39-41-43-47-60-53(55)51-46-45-50(62(57,58)59)49-52(51)54(56)61-48-44-42-40-38-36-34-32-30-28-26-24-22-20-18-16-14-12-10-8-6-4-2;/h2*37-40,45-46,49H,3-36,41-44,47-48H2,1-2H3,(H,57,58,59);/q;;+2/p-2/b2*39-37+,40-38+;. The van der Waals surface area contributed by atoms with Gasteiger partial charge in [-0.25, -0.2) is 36.0 Å². The maximum Gasteiger partial charge on any atom is 2.00 e. The molecule has 0 saturated heterocycles. The fraction of sp³-hybridized carbons (Fsp3) is 0.778. The molecule has 0 aliphatic rings. The van der Waals surface area contributed by atoms with Crippen molar-refractivity contribution in [1.29, 1.82) is 0 Å². The first-order valence-corrected chi connectivity index (χ1v) is 54.9. The van der Waals surface area contributed by atoms with Crippen molar-refractivity contribution in [3.8, 4) is 0 Å². The van der Waals surface area contributed by atoms with Crippen LogP contribution in [0.2, 0.25) is 0 Å². The number of allylic oxidation sites excluding steroid dienone is 8. The predicted molar refractivity (Wildman–Crippen MR) is 526 cm³/mol. The van der Waals surface area contributed by atoms with Crippen LogP contribution in [0.3, 0.4) is 0 Å². The van der Waals surface area contributed by atoms with E-state index in [1.807, 2.05) is 0 Å². The molecule has 0 heterocycles. The average Bonchev–Trinajstić information content (AvgIpc) is 0.812. The minimum absolute atomic E-state index is 0. The second-order valence-electron chi connectivity index (χ2n) is 35.7. The van der Waals surface area contributed by atoms with E-state index in [-0.39, 0.29) is 86.4 Å². The zero-order valence-corrected chi connectivity index (χ0v) is 84.7. The maximum absolute atomic E-state index is 13.0. The molecule has 2 rings (SSSR count). The summed E-state index contributed by atoms with van der Waals surface area (Å²) in [5.41, 5.74) is -0.769. The maximum atomic E-state index is 13.0. The number of benzene rings is 2. The second-order valence-corrected chi connectivity index (χ2v) is 38.4. The molecule has 0 aliphatic carbocycles. The van der Waals surface area contributed by atoms with Gasteiger partial charge in [0.15, 0.2) is 0 Å². The van der Waals surface area contributed by atoms with E-state index < -0.39 is 53.9 Å². The summed E-state index contributed by atoms with van der Waals surface area (Å²) in [5, 5.41) is 0. The van der Waals surface area contributed by atoms with Gasteiger partial charge < -0.3 is 28.1 Å². The van der Waals surface area contributed by atoms with Gasteiger partial charge in [-0.05, 0) is 139 Å². The number of hydrogen-bond donors (Lipinski definition) is 0. The molecule has 2 aromatic carbocycles. The van der Waals surface area contributed by atoms with Crippen LogP contribution in [0.5, 0.6) is 0 Å². The van der Waals surface area contributed by atoms with Crippen molar-refractivity contribution >= 4 is 81.9 Å². The van der Waals surface area contributed by atoms with E-state index >= 15 is 0 Å². The summed E-state index contributed by atoms with van der Waals surface area (Å²) in [7, 11) is -9.67. The number of carbonyl (C=O) groups excluding carboxylic acids is 4. The molecule has 0 aromatic heterocycles. The number of ether oxygens (including phenoxy) is 4. The number of unbranched alkanes of at least 4 members (excludes halogenated alkanes) is 68. The van der Waals surface area contributed by atoms with Crippen LogP contribution in [0.15, 0.2) is 94.8 Å². The van der Waals surface area contributed by atoms with Crippen molar-refractivity contribution in [3.05, 3.63) is 107 Å². The third kappa shape index (κ3) is 78.7. The topological polar surface area (TPSA) is 220 Å². The van der Waals surface area contributed by atoms with Crippen molar-refractivity contribution in [2.24, 2.45) is 0 Å². The molecule has 17 heteroatoms. The molecular formula is C108H186CaO14S2. The molecule has 0 radical (unpaired) electrons. The minimum atomic E-state index is -4.83. The molecule has 0 amide bonds. The van der Waals surface area contributed by atoms with E-state index in [0.717, 1.165) is 87.8 Å². The molecule has 0 fully saturated rings. The fourth-order valence-electron chi connectivity index (χ4n) is 16.0. The van der Waals surface area contributed by atoms with E-state index in [1.165, 1.54) is 411 Å². The first-order valence-electron chi connectivity index (χ1n) is 52.1. The zero-order chi connectivity index (χ0) is 90.1. The van der Waals surface area contributed by atoms with Crippen LogP contribution in [-0.4, -0.2) is 114 Å². The first kappa shape index (κ1) is 121. The van der Waals surface area contributed by atoms with Gasteiger partial charge in [-0.15, -0.1) is 0 Å². The van der Waals surface area contributed by atoms with Crippen LogP contribution in [-0.2, 0) is 39.2 Å². The Morgan fingerprint density at radius 2 is 0.352 bits per heavy atom. The van der Waals surface area contributed by atoms with Crippen molar-refractivity contribution in [2.75, 3.05) is 26.4 Å². The van der Waals surface area contributed by atoms with Gasteiger partial charge in [0.05, 0.1) is 58.5 Å². The Kier molecular flexibility index (Phi) is 89.5. The predicted octanol–water partition coefficient (Wildman–Crippen LogP) is 33.4. The van der Waals surface area contributed by atoms with Gasteiger partial charge in [-0.3, -0.25) is 0 Å². The summed E-state index contributed by atoms with van der Waals surface area (Å²) < 4.78 is 91.8. The van der Waals surface area contributed by atoms with Crippen LogP contribution >= 0.6 is 0 Å². The van der Waals surface area contributed by atoms with E-state index in [9.17, 15) is 45.1 Å². The van der Waals surface area contributed by atoms with Crippen LogP contribution in [0.1, 0.15) is 557 Å². The molecule has 0 aliphatic heterocycles. The Morgan fingerprint density at radius 1 is 0.216 bits per heavy atom. The normalized spacial score (nSPS) is 11.8. The Balaban J connectivity index is 0.00000244. The molecule has 716 valence electrons. The number of rotatable bonds is 90. The van der Waals surface area contributed by atoms with E-state index in [0.29, 0.717) is 25.7 Å². The number of hydrogen-bond acceptors (Lipinski definition) is 14. The zero-order valence-electron chi connectivity index (χ0n) is 80.9. The van der Waals surface area contributed by atoms with Crippen LogP contribution in [0, 0.1) is 0 Å². The quantitative estimate of drug-likeness (QED) is 0.0150. The molecule has 0 saturated carbocycles. The first-order chi connectivity index (χ1) is 60.6. The largest absolute Gasteiger partial charge is 2.00 e. The molecule has 0 unspecified atom stereocenters. The van der Waals surface area contributed by atoms with Crippen LogP contribution < -0.4 is 0 Å². The smallest absolute Gasteiger partial charge is 0.744 e. The van der Waals surface area contributed by atoms with Crippen molar-refractivity contribution in [3.63, 3.8) is 0 Å². The Bertz CT molecular complexity index is 2950.